The average molecular weight is 394 g/mol. The molecule has 0 radical (unpaired) electrons. The number of nitrogens with zero attached hydrogens (tertiary/aromatic N) is 1. The smallest absolute Gasteiger partial charge is 0.243 e. The second-order valence-electron chi connectivity index (χ2n) is 7.93. The Morgan fingerprint density at radius 3 is 2.70 bits per heavy atom. The third kappa shape index (κ3) is 5.53. The summed E-state index contributed by atoms with van der Waals surface area (Å²) < 4.78 is 27.1. The van der Waals surface area contributed by atoms with Crippen molar-refractivity contribution in [2.45, 2.75) is 50.5 Å². The third-order valence-electron chi connectivity index (χ3n) is 5.61. The monoisotopic (exact) mass is 393 g/mol. The summed E-state index contributed by atoms with van der Waals surface area (Å²) >= 11 is 0. The molecule has 2 atom stereocenters. The van der Waals surface area contributed by atoms with Gasteiger partial charge in [-0.05, 0) is 68.3 Å². The van der Waals surface area contributed by atoms with E-state index in [2.05, 4.69) is 17.6 Å². The first kappa shape index (κ1) is 20.3. The predicted octanol–water partition coefficient (Wildman–Crippen LogP) is 2.11. The topological polar surface area (TPSA) is 78.5 Å². The van der Waals surface area contributed by atoms with Crippen molar-refractivity contribution in [1.82, 2.24) is 14.9 Å². The van der Waals surface area contributed by atoms with Crippen LogP contribution in [0, 0.1) is 11.8 Å². The fraction of sp³-hybridized carbons (Fsp3) is 0.650. The zero-order chi connectivity index (χ0) is 19.3. The van der Waals surface area contributed by atoms with Crippen LogP contribution in [-0.4, -0.2) is 44.8 Å². The van der Waals surface area contributed by atoms with Crippen molar-refractivity contribution >= 4 is 15.9 Å². The maximum Gasteiger partial charge on any atom is 0.243 e. The van der Waals surface area contributed by atoms with Crippen molar-refractivity contribution in [2.75, 3.05) is 26.2 Å². The second-order valence-corrected chi connectivity index (χ2v) is 9.87. The molecule has 2 heterocycles. The summed E-state index contributed by atoms with van der Waals surface area (Å²) in [7, 11) is -3.42. The van der Waals surface area contributed by atoms with Gasteiger partial charge in [0.2, 0.25) is 15.9 Å². The fourth-order valence-corrected chi connectivity index (χ4v) is 5.48. The third-order valence-corrected chi connectivity index (χ3v) is 7.49. The molecule has 0 aromatic heterocycles. The van der Waals surface area contributed by atoms with E-state index in [4.69, 9.17) is 0 Å². The molecule has 150 valence electrons. The Morgan fingerprint density at radius 1 is 1.26 bits per heavy atom. The van der Waals surface area contributed by atoms with E-state index in [0.717, 1.165) is 44.3 Å². The number of benzene rings is 1. The second kappa shape index (κ2) is 9.17. The summed E-state index contributed by atoms with van der Waals surface area (Å²) in [6, 6.07) is 6.89. The van der Waals surface area contributed by atoms with E-state index in [1.165, 1.54) is 0 Å². The van der Waals surface area contributed by atoms with E-state index < -0.39 is 10.0 Å². The standard InChI is InChI=1S/C20H31N3O3S/c1-16-3-2-12-23(15-16)27(25,26)19-7-4-17(5-8-19)14-22-20(24)9-6-18-10-11-21-13-18/h4-5,7-8,16,18,21H,2-3,6,9-15H2,1H3,(H,22,24). The van der Waals surface area contributed by atoms with E-state index in [1.54, 1.807) is 28.6 Å². The first-order valence-electron chi connectivity index (χ1n) is 10.0. The van der Waals surface area contributed by atoms with Gasteiger partial charge in [0.25, 0.3) is 0 Å². The van der Waals surface area contributed by atoms with E-state index in [-0.39, 0.29) is 5.91 Å². The summed E-state index contributed by atoms with van der Waals surface area (Å²) in [5.41, 5.74) is 0.914. The summed E-state index contributed by atoms with van der Waals surface area (Å²) in [5, 5.41) is 6.24. The molecule has 0 spiro atoms. The number of rotatable bonds is 7. The highest BCUT2D eigenvalue weighted by atomic mass is 32.2. The van der Waals surface area contributed by atoms with E-state index in [1.807, 2.05) is 0 Å². The Hall–Kier alpha value is -1.44. The molecule has 1 aromatic rings. The van der Waals surface area contributed by atoms with Gasteiger partial charge in [0.05, 0.1) is 4.90 Å². The number of sulfonamides is 1. The summed E-state index contributed by atoms with van der Waals surface area (Å²) in [6.07, 6.45) is 4.62. The number of carbonyl (C=O) groups is 1. The Bertz CT molecular complexity index is 727. The number of hydrogen-bond donors (Lipinski definition) is 2. The van der Waals surface area contributed by atoms with Crippen LogP contribution in [0.1, 0.15) is 44.6 Å². The lowest BCUT2D eigenvalue weighted by Gasteiger charge is -2.30. The van der Waals surface area contributed by atoms with Gasteiger partial charge in [0.15, 0.2) is 0 Å². The quantitative estimate of drug-likeness (QED) is 0.744. The van der Waals surface area contributed by atoms with E-state index >= 15 is 0 Å². The molecule has 2 N–H and O–H groups in total. The van der Waals surface area contributed by atoms with Crippen molar-refractivity contribution in [2.24, 2.45) is 11.8 Å². The predicted molar refractivity (Wildman–Crippen MR) is 106 cm³/mol. The maximum atomic E-state index is 12.8. The highest BCUT2D eigenvalue weighted by molar-refractivity contribution is 7.89. The van der Waals surface area contributed by atoms with E-state index in [9.17, 15) is 13.2 Å². The number of nitrogens with one attached hydrogen (secondary N) is 2. The molecule has 0 bridgehead atoms. The van der Waals surface area contributed by atoms with Gasteiger partial charge < -0.3 is 10.6 Å². The highest BCUT2D eigenvalue weighted by Crippen LogP contribution is 2.23. The number of amides is 1. The first-order chi connectivity index (χ1) is 12.9. The Balaban J connectivity index is 1.50. The van der Waals surface area contributed by atoms with Crippen LogP contribution < -0.4 is 10.6 Å². The lowest BCUT2D eigenvalue weighted by Crippen LogP contribution is -2.39. The lowest BCUT2D eigenvalue weighted by atomic mass is 10.0. The Morgan fingerprint density at radius 2 is 2.04 bits per heavy atom. The normalized spacial score (nSPS) is 24.0. The summed E-state index contributed by atoms with van der Waals surface area (Å²) in [5.74, 6) is 1.07. The van der Waals surface area contributed by atoms with Crippen molar-refractivity contribution in [3.8, 4) is 0 Å². The van der Waals surface area contributed by atoms with Crippen LogP contribution >= 0.6 is 0 Å². The van der Waals surface area contributed by atoms with Gasteiger partial charge in [-0.25, -0.2) is 8.42 Å². The first-order valence-corrected chi connectivity index (χ1v) is 11.5. The molecular weight excluding hydrogens is 362 g/mol. The fourth-order valence-electron chi connectivity index (χ4n) is 3.88. The molecule has 2 unspecified atom stereocenters. The Labute approximate surface area is 162 Å². The minimum atomic E-state index is -3.42. The van der Waals surface area contributed by atoms with Gasteiger partial charge in [-0.15, -0.1) is 0 Å². The molecule has 2 aliphatic rings. The summed E-state index contributed by atoms with van der Waals surface area (Å²) in [4.78, 5) is 12.3. The highest BCUT2D eigenvalue weighted by Gasteiger charge is 2.28. The minimum Gasteiger partial charge on any atom is -0.352 e. The van der Waals surface area contributed by atoms with Crippen LogP contribution in [-0.2, 0) is 21.4 Å². The molecular formula is C20H31N3O3S. The summed E-state index contributed by atoms with van der Waals surface area (Å²) in [6.45, 7) is 5.79. The van der Waals surface area contributed by atoms with Crippen LogP contribution in [0.3, 0.4) is 0 Å². The van der Waals surface area contributed by atoms with E-state index in [0.29, 0.717) is 42.8 Å². The molecule has 2 saturated heterocycles. The number of piperidine rings is 1. The molecule has 2 fully saturated rings. The van der Waals surface area contributed by atoms with Crippen LogP contribution in [0.25, 0.3) is 0 Å². The largest absolute Gasteiger partial charge is 0.352 e. The molecule has 27 heavy (non-hydrogen) atoms. The zero-order valence-corrected chi connectivity index (χ0v) is 16.9. The Kier molecular flexibility index (Phi) is 6.89. The van der Waals surface area contributed by atoms with Crippen molar-refractivity contribution in [3.63, 3.8) is 0 Å². The number of hydrogen-bond acceptors (Lipinski definition) is 4. The van der Waals surface area contributed by atoms with Crippen LogP contribution in [0.5, 0.6) is 0 Å². The molecule has 2 aliphatic heterocycles. The van der Waals surface area contributed by atoms with Gasteiger partial charge in [0, 0.05) is 26.1 Å². The van der Waals surface area contributed by atoms with Crippen LogP contribution in [0.15, 0.2) is 29.2 Å². The van der Waals surface area contributed by atoms with Gasteiger partial charge in [-0.1, -0.05) is 19.1 Å². The lowest BCUT2D eigenvalue weighted by molar-refractivity contribution is -0.121. The zero-order valence-electron chi connectivity index (χ0n) is 16.1. The van der Waals surface area contributed by atoms with Gasteiger partial charge >= 0.3 is 0 Å². The maximum absolute atomic E-state index is 12.8. The van der Waals surface area contributed by atoms with Crippen LogP contribution in [0.2, 0.25) is 0 Å². The SMILES string of the molecule is CC1CCCN(S(=O)(=O)c2ccc(CNC(=O)CCC3CCNC3)cc2)C1. The van der Waals surface area contributed by atoms with Gasteiger partial charge in [0.1, 0.15) is 0 Å². The van der Waals surface area contributed by atoms with Crippen molar-refractivity contribution in [3.05, 3.63) is 29.8 Å². The van der Waals surface area contributed by atoms with Gasteiger partial charge in [-0.3, -0.25) is 4.79 Å². The molecule has 0 saturated carbocycles. The molecule has 1 aromatic carbocycles. The average Bonchev–Trinajstić information content (AvgIpc) is 3.19. The van der Waals surface area contributed by atoms with Gasteiger partial charge in [-0.2, -0.15) is 4.31 Å². The van der Waals surface area contributed by atoms with Crippen molar-refractivity contribution < 1.29 is 13.2 Å². The molecule has 0 aliphatic carbocycles. The molecule has 1 amide bonds. The van der Waals surface area contributed by atoms with Crippen molar-refractivity contribution in [1.29, 1.82) is 0 Å². The molecule has 6 nitrogen and oxygen atoms in total. The van der Waals surface area contributed by atoms with Crippen LogP contribution in [0.4, 0.5) is 0 Å². The minimum absolute atomic E-state index is 0.0564. The molecule has 3 rings (SSSR count). The molecule has 7 heteroatoms. The number of carbonyl (C=O) groups excluding carboxylic acids is 1.